The third kappa shape index (κ3) is 6.79. The normalized spacial score (nSPS) is 10.4. The summed E-state index contributed by atoms with van der Waals surface area (Å²) in [7, 11) is 1.63. The largest absolute Gasteiger partial charge is 0.399 e. The number of para-hydroxylation sites is 1. The molecule has 19 heavy (non-hydrogen) atoms. The topological polar surface area (TPSA) is 73.6 Å². The van der Waals surface area contributed by atoms with E-state index in [9.17, 15) is 4.79 Å². The molecular weight excluding hydrogens is 244 g/mol. The van der Waals surface area contributed by atoms with Crippen LogP contribution in [0.3, 0.4) is 0 Å². The molecule has 1 rings (SSSR count). The van der Waals surface area contributed by atoms with Crippen molar-refractivity contribution < 1.29 is 14.3 Å². The van der Waals surface area contributed by atoms with Crippen molar-refractivity contribution in [2.45, 2.75) is 12.8 Å². The molecule has 0 saturated carbocycles. The Balaban J connectivity index is 2.10. The lowest BCUT2D eigenvalue weighted by Crippen LogP contribution is -2.27. The van der Waals surface area contributed by atoms with Crippen LogP contribution in [-0.2, 0) is 20.7 Å². The van der Waals surface area contributed by atoms with Crippen molar-refractivity contribution in [1.82, 2.24) is 5.32 Å². The van der Waals surface area contributed by atoms with Gasteiger partial charge in [-0.3, -0.25) is 4.79 Å². The summed E-state index contributed by atoms with van der Waals surface area (Å²) in [4.78, 5) is 11.6. The van der Waals surface area contributed by atoms with Gasteiger partial charge >= 0.3 is 0 Å². The molecule has 0 spiro atoms. The Kier molecular flexibility index (Phi) is 7.62. The Bertz CT molecular complexity index is 383. The number of carbonyl (C=O) groups is 1. The maximum atomic E-state index is 11.6. The molecule has 1 aromatic carbocycles. The van der Waals surface area contributed by atoms with E-state index in [2.05, 4.69) is 5.32 Å². The number of nitrogens with one attached hydrogen (secondary N) is 1. The fraction of sp³-hybridized carbons (Fsp3) is 0.500. The average molecular weight is 266 g/mol. The van der Waals surface area contributed by atoms with Gasteiger partial charge in [0.25, 0.3) is 0 Å². The number of hydrogen-bond acceptors (Lipinski definition) is 4. The number of methoxy groups -OCH3 is 1. The molecular formula is C14H22N2O3. The zero-order valence-electron chi connectivity index (χ0n) is 11.4. The maximum absolute atomic E-state index is 11.6. The first-order valence-corrected chi connectivity index (χ1v) is 6.41. The Morgan fingerprint density at radius 3 is 2.79 bits per heavy atom. The zero-order valence-corrected chi connectivity index (χ0v) is 11.4. The number of rotatable bonds is 9. The van der Waals surface area contributed by atoms with E-state index < -0.39 is 0 Å². The second-order valence-electron chi connectivity index (χ2n) is 4.15. The Hall–Kier alpha value is -1.59. The summed E-state index contributed by atoms with van der Waals surface area (Å²) in [5.41, 5.74) is 7.55. The second-order valence-corrected chi connectivity index (χ2v) is 4.15. The van der Waals surface area contributed by atoms with Gasteiger partial charge in [-0.1, -0.05) is 18.2 Å². The molecule has 3 N–H and O–H groups in total. The van der Waals surface area contributed by atoms with Crippen LogP contribution >= 0.6 is 0 Å². The van der Waals surface area contributed by atoms with E-state index in [-0.39, 0.29) is 5.91 Å². The number of amides is 1. The molecule has 0 atom stereocenters. The van der Waals surface area contributed by atoms with Gasteiger partial charge in [0.05, 0.1) is 19.8 Å². The number of hydrogen-bond donors (Lipinski definition) is 2. The fourth-order valence-electron chi connectivity index (χ4n) is 1.61. The van der Waals surface area contributed by atoms with Gasteiger partial charge < -0.3 is 20.5 Å². The number of benzene rings is 1. The van der Waals surface area contributed by atoms with Gasteiger partial charge in [-0.05, 0) is 18.1 Å². The molecule has 106 valence electrons. The highest BCUT2D eigenvalue weighted by Crippen LogP contribution is 2.12. The first-order valence-electron chi connectivity index (χ1n) is 6.41. The fourth-order valence-corrected chi connectivity index (χ4v) is 1.61. The minimum Gasteiger partial charge on any atom is -0.399 e. The summed E-state index contributed by atoms with van der Waals surface area (Å²) < 4.78 is 10.1. The van der Waals surface area contributed by atoms with Gasteiger partial charge in [-0.2, -0.15) is 0 Å². The third-order valence-electron chi connectivity index (χ3n) is 2.68. The van der Waals surface area contributed by atoms with Crippen LogP contribution in [0.25, 0.3) is 0 Å². The summed E-state index contributed by atoms with van der Waals surface area (Å²) in [6, 6.07) is 7.59. The first-order chi connectivity index (χ1) is 9.24. The molecule has 0 unspecified atom stereocenters. The molecule has 0 bridgehead atoms. The average Bonchev–Trinajstić information content (AvgIpc) is 2.42. The number of carbonyl (C=O) groups excluding carboxylic acids is 1. The first kappa shape index (κ1) is 15.5. The molecule has 1 amide bonds. The lowest BCUT2D eigenvalue weighted by Gasteiger charge is -2.07. The van der Waals surface area contributed by atoms with E-state index in [0.29, 0.717) is 39.2 Å². The van der Waals surface area contributed by atoms with Crippen LogP contribution in [0.2, 0.25) is 0 Å². The molecule has 0 aliphatic rings. The summed E-state index contributed by atoms with van der Waals surface area (Å²) in [6.45, 7) is 2.14. The van der Waals surface area contributed by atoms with E-state index in [0.717, 1.165) is 11.3 Å². The zero-order chi connectivity index (χ0) is 13.9. The number of anilines is 1. The second kappa shape index (κ2) is 9.35. The smallest absolute Gasteiger partial charge is 0.220 e. The summed E-state index contributed by atoms with van der Waals surface area (Å²) in [5.74, 6) is 0.0126. The van der Waals surface area contributed by atoms with Crippen LogP contribution in [0, 0.1) is 0 Å². The van der Waals surface area contributed by atoms with Crippen molar-refractivity contribution in [3.8, 4) is 0 Å². The number of aryl methyl sites for hydroxylation is 1. The van der Waals surface area contributed by atoms with Crippen LogP contribution in [0.15, 0.2) is 24.3 Å². The predicted molar refractivity (Wildman–Crippen MR) is 74.9 cm³/mol. The Morgan fingerprint density at radius 2 is 2.05 bits per heavy atom. The van der Waals surface area contributed by atoms with Crippen LogP contribution in [0.4, 0.5) is 5.69 Å². The highest BCUT2D eigenvalue weighted by Gasteiger charge is 2.03. The molecule has 0 heterocycles. The monoisotopic (exact) mass is 266 g/mol. The number of nitrogens with two attached hydrogens (primary N) is 1. The highest BCUT2D eigenvalue weighted by molar-refractivity contribution is 5.76. The van der Waals surface area contributed by atoms with Crippen molar-refractivity contribution in [3.63, 3.8) is 0 Å². The molecule has 0 radical (unpaired) electrons. The molecule has 1 aromatic rings. The van der Waals surface area contributed by atoms with E-state index in [1.165, 1.54) is 0 Å². The standard InChI is InChI=1S/C14H22N2O3/c1-18-10-11-19-9-8-16-14(17)7-6-12-4-2-3-5-13(12)15/h2-5H,6-11,15H2,1H3,(H,16,17). The summed E-state index contributed by atoms with van der Waals surface area (Å²) >= 11 is 0. The van der Waals surface area contributed by atoms with Crippen molar-refractivity contribution in [2.24, 2.45) is 0 Å². The predicted octanol–water partition coefficient (Wildman–Crippen LogP) is 0.981. The van der Waals surface area contributed by atoms with Crippen LogP contribution in [0.1, 0.15) is 12.0 Å². The van der Waals surface area contributed by atoms with Crippen molar-refractivity contribution >= 4 is 11.6 Å². The molecule has 0 aliphatic heterocycles. The minimum absolute atomic E-state index is 0.0126. The minimum atomic E-state index is 0.0126. The van der Waals surface area contributed by atoms with Crippen molar-refractivity contribution in [2.75, 3.05) is 39.2 Å². The lowest BCUT2D eigenvalue weighted by atomic mass is 10.1. The van der Waals surface area contributed by atoms with E-state index >= 15 is 0 Å². The molecule has 5 nitrogen and oxygen atoms in total. The molecule has 0 aromatic heterocycles. The summed E-state index contributed by atoms with van der Waals surface area (Å²) in [6.07, 6.45) is 1.09. The maximum Gasteiger partial charge on any atom is 0.220 e. The van der Waals surface area contributed by atoms with Crippen molar-refractivity contribution in [3.05, 3.63) is 29.8 Å². The van der Waals surface area contributed by atoms with Gasteiger partial charge in [0, 0.05) is 25.8 Å². The lowest BCUT2D eigenvalue weighted by molar-refractivity contribution is -0.121. The van der Waals surface area contributed by atoms with E-state index in [1.54, 1.807) is 7.11 Å². The van der Waals surface area contributed by atoms with Gasteiger partial charge in [0.1, 0.15) is 0 Å². The molecule has 0 fully saturated rings. The molecule has 5 heteroatoms. The van der Waals surface area contributed by atoms with Crippen LogP contribution in [-0.4, -0.2) is 39.4 Å². The van der Waals surface area contributed by atoms with E-state index in [4.69, 9.17) is 15.2 Å². The quantitative estimate of drug-likeness (QED) is 0.516. The number of nitrogen functional groups attached to an aromatic ring is 1. The molecule has 0 saturated heterocycles. The van der Waals surface area contributed by atoms with E-state index in [1.807, 2.05) is 24.3 Å². The SMILES string of the molecule is COCCOCCNC(=O)CCc1ccccc1N. The van der Waals surface area contributed by atoms with Gasteiger partial charge in [0.15, 0.2) is 0 Å². The van der Waals surface area contributed by atoms with Crippen molar-refractivity contribution in [1.29, 1.82) is 0 Å². The summed E-state index contributed by atoms with van der Waals surface area (Å²) in [5, 5.41) is 2.80. The Morgan fingerprint density at radius 1 is 1.26 bits per heavy atom. The highest BCUT2D eigenvalue weighted by atomic mass is 16.5. The Labute approximate surface area is 114 Å². The van der Waals surface area contributed by atoms with Gasteiger partial charge in [-0.15, -0.1) is 0 Å². The van der Waals surface area contributed by atoms with Crippen LogP contribution in [0.5, 0.6) is 0 Å². The van der Waals surface area contributed by atoms with Gasteiger partial charge in [0.2, 0.25) is 5.91 Å². The molecule has 0 aliphatic carbocycles. The van der Waals surface area contributed by atoms with Crippen LogP contribution < -0.4 is 11.1 Å². The number of ether oxygens (including phenoxy) is 2. The van der Waals surface area contributed by atoms with Gasteiger partial charge in [-0.25, -0.2) is 0 Å². The third-order valence-corrected chi connectivity index (χ3v) is 2.68.